The number of amides is 1. The van der Waals surface area contributed by atoms with Gasteiger partial charge in [-0.25, -0.2) is 0 Å². The maximum absolute atomic E-state index is 12.3. The molecule has 5 nitrogen and oxygen atoms in total. The zero-order valence-corrected chi connectivity index (χ0v) is 17.7. The van der Waals surface area contributed by atoms with Crippen molar-refractivity contribution >= 4 is 17.3 Å². The van der Waals surface area contributed by atoms with E-state index in [2.05, 4.69) is 17.1 Å². The Hall–Kier alpha value is -2.90. The molecule has 1 fully saturated rings. The predicted octanol–water partition coefficient (Wildman–Crippen LogP) is 5.05. The fourth-order valence-electron chi connectivity index (χ4n) is 3.55. The number of carbonyl (C=O) groups excluding carboxylic acids is 1. The van der Waals surface area contributed by atoms with Crippen molar-refractivity contribution in [2.45, 2.75) is 32.4 Å². The molecule has 0 aliphatic carbocycles. The van der Waals surface area contributed by atoms with Gasteiger partial charge in [-0.15, -0.1) is 0 Å². The Bertz CT molecular complexity index is 885. The Morgan fingerprint density at radius 3 is 2.52 bits per heavy atom. The van der Waals surface area contributed by atoms with Gasteiger partial charge in [-0.3, -0.25) is 4.79 Å². The van der Waals surface area contributed by atoms with Gasteiger partial charge in [0.05, 0.1) is 7.11 Å². The number of alkyl halides is 3. The monoisotopic (exact) mass is 436 g/mol. The summed E-state index contributed by atoms with van der Waals surface area (Å²) in [5, 5.41) is 2.88. The summed E-state index contributed by atoms with van der Waals surface area (Å²) in [5.74, 6) is 0.775. The van der Waals surface area contributed by atoms with Crippen molar-refractivity contribution in [2.75, 3.05) is 37.0 Å². The number of nitrogens with one attached hydrogen (secondary N) is 1. The normalized spacial score (nSPS) is 16.3. The third-order valence-electron chi connectivity index (χ3n) is 5.20. The molecular formula is C23H27F3N2O3. The summed E-state index contributed by atoms with van der Waals surface area (Å²) < 4.78 is 46.9. The Balaban J connectivity index is 1.51. The summed E-state index contributed by atoms with van der Waals surface area (Å²) in [4.78, 5) is 14.6. The van der Waals surface area contributed by atoms with Crippen LogP contribution in [0.15, 0.2) is 42.5 Å². The van der Waals surface area contributed by atoms with Gasteiger partial charge in [0.1, 0.15) is 0 Å². The summed E-state index contributed by atoms with van der Waals surface area (Å²) in [6.45, 7) is 2.96. The van der Waals surface area contributed by atoms with Crippen molar-refractivity contribution in [3.8, 4) is 11.5 Å². The minimum absolute atomic E-state index is 0.0144. The molecule has 0 bridgehead atoms. The molecule has 1 aliphatic rings. The maximum atomic E-state index is 12.3. The number of benzene rings is 2. The molecule has 31 heavy (non-hydrogen) atoms. The zero-order valence-electron chi connectivity index (χ0n) is 17.7. The van der Waals surface area contributed by atoms with Crippen molar-refractivity contribution in [1.82, 2.24) is 0 Å². The fraction of sp³-hybridized carbons (Fsp3) is 0.435. The second kappa shape index (κ2) is 9.94. The summed E-state index contributed by atoms with van der Waals surface area (Å²) in [6, 6.07) is 12.5. The van der Waals surface area contributed by atoms with Crippen molar-refractivity contribution in [3.63, 3.8) is 0 Å². The van der Waals surface area contributed by atoms with E-state index in [1.54, 1.807) is 12.1 Å². The Labute approximate surface area is 180 Å². The first-order valence-electron chi connectivity index (χ1n) is 10.2. The molecule has 0 radical (unpaired) electrons. The van der Waals surface area contributed by atoms with E-state index in [9.17, 15) is 18.0 Å². The predicted molar refractivity (Wildman–Crippen MR) is 114 cm³/mol. The first-order chi connectivity index (χ1) is 14.7. The molecule has 1 heterocycles. The number of ether oxygens (including phenoxy) is 2. The van der Waals surface area contributed by atoms with E-state index in [0.717, 1.165) is 30.0 Å². The van der Waals surface area contributed by atoms with E-state index in [-0.39, 0.29) is 23.8 Å². The van der Waals surface area contributed by atoms with Gasteiger partial charge in [0.25, 0.3) is 0 Å². The van der Waals surface area contributed by atoms with Crippen LogP contribution in [0.5, 0.6) is 11.5 Å². The van der Waals surface area contributed by atoms with Crippen LogP contribution >= 0.6 is 0 Å². The number of anilines is 2. The number of nitrogens with zero attached hydrogens (tertiary/aromatic N) is 1. The van der Waals surface area contributed by atoms with Crippen molar-refractivity contribution in [1.29, 1.82) is 0 Å². The molecule has 0 spiro atoms. The number of methoxy groups -OCH3 is 1. The van der Waals surface area contributed by atoms with E-state index in [0.29, 0.717) is 12.3 Å². The van der Waals surface area contributed by atoms with Crippen molar-refractivity contribution in [2.24, 2.45) is 5.92 Å². The molecule has 0 saturated carbocycles. The number of carbonyl (C=O) groups is 1. The smallest absolute Gasteiger partial charge is 0.422 e. The largest absolute Gasteiger partial charge is 0.493 e. The van der Waals surface area contributed by atoms with E-state index in [4.69, 9.17) is 9.47 Å². The molecule has 1 aliphatic heterocycles. The van der Waals surface area contributed by atoms with Gasteiger partial charge in [0.15, 0.2) is 18.1 Å². The zero-order chi connectivity index (χ0) is 22.4. The SMILES string of the molecule is COc1cc(CCC(=O)Nc2ccc(N3CCC(C)C3)cc2)ccc1OCC(F)(F)F. The standard InChI is InChI=1S/C23H27F3N2O3/c1-16-11-12-28(14-16)19-7-5-18(6-8-19)27-22(29)10-4-17-3-9-20(21(13-17)30-2)31-15-23(24,25)26/h3,5-9,13,16H,4,10-12,14-15H2,1-2H3,(H,27,29). The lowest BCUT2D eigenvalue weighted by Crippen LogP contribution is -2.19. The number of hydrogen-bond acceptors (Lipinski definition) is 4. The molecule has 8 heteroatoms. The van der Waals surface area contributed by atoms with Crippen molar-refractivity contribution in [3.05, 3.63) is 48.0 Å². The van der Waals surface area contributed by atoms with Gasteiger partial charge < -0.3 is 19.7 Å². The number of halogens is 3. The molecule has 2 aromatic carbocycles. The minimum atomic E-state index is -4.42. The van der Waals surface area contributed by atoms with Gasteiger partial charge in [0, 0.05) is 30.9 Å². The van der Waals surface area contributed by atoms with Crippen LogP contribution in [0.1, 0.15) is 25.3 Å². The molecule has 168 valence electrons. The van der Waals surface area contributed by atoms with E-state index in [1.807, 2.05) is 24.3 Å². The van der Waals surface area contributed by atoms with Crippen LogP contribution in [0.3, 0.4) is 0 Å². The molecule has 1 saturated heterocycles. The number of aryl methyl sites for hydroxylation is 1. The summed E-state index contributed by atoms with van der Waals surface area (Å²) in [5.41, 5.74) is 2.65. The Morgan fingerprint density at radius 1 is 1.16 bits per heavy atom. The number of hydrogen-bond donors (Lipinski definition) is 1. The van der Waals surface area contributed by atoms with Crippen LogP contribution in [0.25, 0.3) is 0 Å². The fourth-order valence-corrected chi connectivity index (χ4v) is 3.55. The van der Waals surface area contributed by atoms with Crippen molar-refractivity contribution < 1.29 is 27.4 Å². The minimum Gasteiger partial charge on any atom is -0.493 e. The Kier molecular flexibility index (Phi) is 7.30. The summed E-state index contributed by atoms with van der Waals surface area (Å²) in [6.07, 6.45) is -2.58. The summed E-state index contributed by atoms with van der Waals surface area (Å²) >= 11 is 0. The highest BCUT2D eigenvalue weighted by Gasteiger charge is 2.29. The van der Waals surface area contributed by atoms with Crippen LogP contribution in [-0.2, 0) is 11.2 Å². The van der Waals surface area contributed by atoms with Crippen LogP contribution in [-0.4, -0.2) is 38.9 Å². The third-order valence-corrected chi connectivity index (χ3v) is 5.20. The molecule has 2 aromatic rings. The lowest BCUT2D eigenvalue weighted by Gasteiger charge is -2.18. The first-order valence-corrected chi connectivity index (χ1v) is 10.2. The molecule has 1 atom stereocenters. The molecular weight excluding hydrogens is 409 g/mol. The quantitative estimate of drug-likeness (QED) is 0.629. The van der Waals surface area contributed by atoms with Gasteiger partial charge in [0.2, 0.25) is 5.91 Å². The number of rotatable bonds is 8. The van der Waals surface area contributed by atoms with Gasteiger partial charge >= 0.3 is 6.18 Å². The van der Waals surface area contributed by atoms with Crippen LogP contribution in [0, 0.1) is 5.92 Å². The average Bonchev–Trinajstić information content (AvgIpc) is 3.17. The van der Waals surface area contributed by atoms with Gasteiger partial charge in [-0.05, 0) is 60.7 Å². The summed E-state index contributed by atoms with van der Waals surface area (Å²) in [7, 11) is 1.36. The topological polar surface area (TPSA) is 50.8 Å². The lowest BCUT2D eigenvalue weighted by atomic mass is 10.1. The van der Waals surface area contributed by atoms with E-state index >= 15 is 0 Å². The third kappa shape index (κ3) is 6.80. The molecule has 1 unspecified atom stereocenters. The molecule has 0 aromatic heterocycles. The maximum Gasteiger partial charge on any atom is 0.422 e. The second-order valence-corrected chi connectivity index (χ2v) is 7.82. The first kappa shape index (κ1) is 22.8. The second-order valence-electron chi connectivity index (χ2n) is 7.82. The van der Waals surface area contributed by atoms with E-state index in [1.165, 1.54) is 19.6 Å². The van der Waals surface area contributed by atoms with E-state index < -0.39 is 12.8 Å². The molecule has 1 N–H and O–H groups in total. The highest BCUT2D eigenvalue weighted by molar-refractivity contribution is 5.91. The van der Waals surface area contributed by atoms with Crippen LogP contribution < -0.4 is 19.7 Å². The highest BCUT2D eigenvalue weighted by Crippen LogP contribution is 2.30. The Morgan fingerprint density at radius 2 is 1.90 bits per heavy atom. The van der Waals surface area contributed by atoms with Crippen LogP contribution in [0.4, 0.5) is 24.5 Å². The van der Waals surface area contributed by atoms with Gasteiger partial charge in [-0.2, -0.15) is 13.2 Å². The lowest BCUT2D eigenvalue weighted by molar-refractivity contribution is -0.153. The molecule has 1 amide bonds. The molecule has 3 rings (SSSR count). The average molecular weight is 436 g/mol. The van der Waals surface area contributed by atoms with Crippen LogP contribution in [0.2, 0.25) is 0 Å². The highest BCUT2D eigenvalue weighted by atomic mass is 19.4. The van der Waals surface area contributed by atoms with Gasteiger partial charge in [-0.1, -0.05) is 13.0 Å².